The number of hydrogen-bond acceptors (Lipinski definition) is 2. The molecule has 0 heterocycles. The zero-order chi connectivity index (χ0) is 11.5. The number of rotatable bonds is 3. The number of phenolic OH excluding ortho intramolecular Hbond substituents is 1. The number of aromatic hydroxyl groups is 1. The van der Waals surface area contributed by atoms with E-state index < -0.39 is 0 Å². The average Bonchev–Trinajstić information content (AvgIpc) is 2.34. The Morgan fingerprint density at radius 2 is 1.69 bits per heavy atom. The lowest BCUT2D eigenvalue weighted by Crippen LogP contribution is -2.21. The zero-order valence-corrected chi connectivity index (χ0v) is 9.77. The molecule has 84 valence electrons. The molecular weight excluding hydrogens is 198 g/mol. The van der Waals surface area contributed by atoms with Crippen LogP contribution in [0.1, 0.15) is 13.8 Å². The van der Waals surface area contributed by atoms with Crippen LogP contribution in [0.4, 0.5) is 5.69 Å². The van der Waals surface area contributed by atoms with Crippen LogP contribution < -0.4 is 4.90 Å². The summed E-state index contributed by atoms with van der Waals surface area (Å²) >= 11 is 0. The van der Waals surface area contributed by atoms with Crippen molar-refractivity contribution < 1.29 is 5.11 Å². The van der Waals surface area contributed by atoms with Gasteiger partial charge in [0.15, 0.2) is 0 Å². The fourth-order valence-corrected chi connectivity index (χ4v) is 2.06. The molecule has 0 saturated carbocycles. The molecule has 0 amide bonds. The summed E-state index contributed by atoms with van der Waals surface area (Å²) in [7, 11) is 0. The molecule has 0 saturated heterocycles. The van der Waals surface area contributed by atoms with E-state index in [9.17, 15) is 5.11 Å². The molecule has 0 radical (unpaired) electrons. The maximum atomic E-state index is 10.2. The molecule has 2 aromatic rings. The molecule has 0 aromatic heterocycles. The highest BCUT2D eigenvalue weighted by molar-refractivity contribution is 5.93. The lowest BCUT2D eigenvalue weighted by atomic mass is 10.1. The monoisotopic (exact) mass is 215 g/mol. The molecule has 2 rings (SSSR count). The van der Waals surface area contributed by atoms with E-state index in [0.29, 0.717) is 5.75 Å². The number of phenols is 1. The lowest BCUT2D eigenvalue weighted by molar-refractivity contribution is 0.480. The maximum absolute atomic E-state index is 10.2. The Morgan fingerprint density at radius 3 is 2.38 bits per heavy atom. The summed E-state index contributed by atoms with van der Waals surface area (Å²) in [6.07, 6.45) is 0. The molecule has 0 unspecified atom stereocenters. The van der Waals surface area contributed by atoms with Crippen LogP contribution in [0.25, 0.3) is 10.8 Å². The first-order valence-corrected chi connectivity index (χ1v) is 5.73. The number of anilines is 1. The Labute approximate surface area is 96.1 Å². The van der Waals surface area contributed by atoms with Gasteiger partial charge < -0.3 is 10.0 Å². The Bertz CT molecular complexity index is 489. The van der Waals surface area contributed by atoms with E-state index >= 15 is 0 Å². The van der Waals surface area contributed by atoms with Gasteiger partial charge in [-0.15, -0.1) is 0 Å². The third-order valence-electron chi connectivity index (χ3n) is 2.98. The molecule has 0 bridgehead atoms. The van der Waals surface area contributed by atoms with Crippen molar-refractivity contribution in [3.8, 4) is 5.75 Å². The summed E-state index contributed by atoms with van der Waals surface area (Å²) < 4.78 is 0. The topological polar surface area (TPSA) is 23.5 Å². The van der Waals surface area contributed by atoms with Gasteiger partial charge >= 0.3 is 0 Å². The van der Waals surface area contributed by atoms with Gasteiger partial charge in [0.1, 0.15) is 5.75 Å². The van der Waals surface area contributed by atoms with Gasteiger partial charge in [0.05, 0.1) is 5.69 Å². The van der Waals surface area contributed by atoms with Crippen molar-refractivity contribution in [3.63, 3.8) is 0 Å². The Hall–Kier alpha value is -1.70. The predicted molar refractivity (Wildman–Crippen MR) is 69.2 cm³/mol. The van der Waals surface area contributed by atoms with Gasteiger partial charge in [-0.3, -0.25) is 0 Å². The second kappa shape index (κ2) is 4.44. The van der Waals surface area contributed by atoms with Crippen molar-refractivity contribution in [2.24, 2.45) is 0 Å². The van der Waals surface area contributed by atoms with Crippen molar-refractivity contribution in [1.82, 2.24) is 0 Å². The normalized spacial score (nSPS) is 10.6. The van der Waals surface area contributed by atoms with Gasteiger partial charge in [-0.25, -0.2) is 0 Å². The third-order valence-corrected chi connectivity index (χ3v) is 2.98. The summed E-state index contributed by atoms with van der Waals surface area (Å²) in [5.41, 5.74) is 0.920. The minimum atomic E-state index is 0.391. The van der Waals surface area contributed by atoms with Gasteiger partial charge in [0, 0.05) is 18.5 Å². The number of benzene rings is 2. The van der Waals surface area contributed by atoms with Gasteiger partial charge in [-0.05, 0) is 25.3 Å². The summed E-state index contributed by atoms with van der Waals surface area (Å²) in [4.78, 5) is 2.15. The Kier molecular flexibility index (Phi) is 3.00. The molecule has 2 nitrogen and oxygen atoms in total. The molecule has 0 fully saturated rings. The van der Waals surface area contributed by atoms with Crippen LogP contribution >= 0.6 is 0 Å². The molecule has 1 N–H and O–H groups in total. The number of hydrogen-bond donors (Lipinski definition) is 1. The third kappa shape index (κ3) is 1.71. The summed E-state index contributed by atoms with van der Waals surface area (Å²) in [5.74, 6) is 0.391. The van der Waals surface area contributed by atoms with Crippen LogP contribution in [-0.4, -0.2) is 18.2 Å². The maximum Gasteiger partial charge on any atom is 0.146 e. The van der Waals surface area contributed by atoms with Crippen LogP contribution in [0.3, 0.4) is 0 Å². The van der Waals surface area contributed by atoms with E-state index in [4.69, 9.17) is 0 Å². The van der Waals surface area contributed by atoms with Crippen LogP contribution in [0.5, 0.6) is 5.75 Å². The number of fused-ring (bicyclic) bond motifs is 1. The van der Waals surface area contributed by atoms with Gasteiger partial charge in [0.2, 0.25) is 0 Å². The van der Waals surface area contributed by atoms with E-state index in [0.717, 1.165) is 29.5 Å². The van der Waals surface area contributed by atoms with Crippen LogP contribution in [0.15, 0.2) is 36.4 Å². The predicted octanol–water partition coefficient (Wildman–Crippen LogP) is 3.39. The molecule has 0 aliphatic carbocycles. The van der Waals surface area contributed by atoms with Crippen molar-refractivity contribution in [3.05, 3.63) is 36.4 Å². The van der Waals surface area contributed by atoms with Gasteiger partial charge in [-0.2, -0.15) is 0 Å². The van der Waals surface area contributed by atoms with Crippen molar-refractivity contribution in [2.45, 2.75) is 13.8 Å². The smallest absolute Gasteiger partial charge is 0.146 e. The quantitative estimate of drug-likeness (QED) is 0.848. The largest absolute Gasteiger partial charge is 0.505 e. The van der Waals surface area contributed by atoms with E-state index in [1.54, 1.807) is 0 Å². The summed E-state index contributed by atoms with van der Waals surface area (Å²) in [6, 6.07) is 12.0. The van der Waals surface area contributed by atoms with E-state index in [1.165, 1.54) is 0 Å². The van der Waals surface area contributed by atoms with E-state index in [-0.39, 0.29) is 0 Å². The molecular formula is C14H17NO. The minimum absolute atomic E-state index is 0.391. The summed E-state index contributed by atoms with van der Waals surface area (Å²) in [5, 5.41) is 12.2. The second-order valence-corrected chi connectivity index (χ2v) is 3.83. The van der Waals surface area contributed by atoms with E-state index in [1.807, 2.05) is 30.3 Å². The van der Waals surface area contributed by atoms with Crippen molar-refractivity contribution >= 4 is 16.5 Å². The zero-order valence-electron chi connectivity index (χ0n) is 9.77. The highest BCUT2D eigenvalue weighted by atomic mass is 16.3. The van der Waals surface area contributed by atoms with Crippen molar-refractivity contribution in [2.75, 3.05) is 18.0 Å². The SMILES string of the molecule is CCN(CC)c1ccc2ccccc2c1O. The Morgan fingerprint density at radius 1 is 1.00 bits per heavy atom. The lowest BCUT2D eigenvalue weighted by Gasteiger charge is -2.22. The molecule has 0 aliphatic heterocycles. The second-order valence-electron chi connectivity index (χ2n) is 3.83. The fraction of sp³-hybridized carbons (Fsp3) is 0.286. The minimum Gasteiger partial charge on any atom is -0.505 e. The van der Waals surface area contributed by atoms with Crippen LogP contribution in [-0.2, 0) is 0 Å². The molecule has 16 heavy (non-hydrogen) atoms. The molecule has 0 spiro atoms. The first-order valence-electron chi connectivity index (χ1n) is 5.73. The number of nitrogens with zero attached hydrogens (tertiary/aromatic N) is 1. The van der Waals surface area contributed by atoms with E-state index in [2.05, 4.69) is 24.8 Å². The molecule has 0 aliphatic rings. The standard InChI is InChI=1S/C14H17NO/c1-3-15(4-2)13-10-9-11-7-5-6-8-12(11)14(13)16/h5-10,16H,3-4H2,1-2H3. The van der Waals surface area contributed by atoms with Crippen LogP contribution in [0.2, 0.25) is 0 Å². The highest BCUT2D eigenvalue weighted by Gasteiger charge is 2.10. The molecule has 2 heteroatoms. The average molecular weight is 215 g/mol. The summed E-state index contributed by atoms with van der Waals surface area (Å²) in [6.45, 7) is 6.00. The first-order chi connectivity index (χ1) is 7.77. The van der Waals surface area contributed by atoms with Crippen molar-refractivity contribution in [1.29, 1.82) is 0 Å². The van der Waals surface area contributed by atoms with Gasteiger partial charge in [0.25, 0.3) is 0 Å². The molecule has 0 atom stereocenters. The van der Waals surface area contributed by atoms with Gasteiger partial charge in [-0.1, -0.05) is 30.3 Å². The fourth-order valence-electron chi connectivity index (χ4n) is 2.06. The highest BCUT2D eigenvalue weighted by Crippen LogP contribution is 2.34. The van der Waals surface area contributed by atoms with Crippen LogP contribution in [0, 0.1) is 0 Å². The first kappa shape index (κ1) is 10.8. The Balaban J connectivity index is 2.60. The molecule has 2 aromatic carbocycles.